The van der Waals surface area contributed by atoms with E-state index in [1.165, 1.54) is 10.7 Å². The number of benzene rings is 1. The number of nitrogens with zero attached hydrogens (tertiary/aromatic N) is 8. The lowest BCUT2D eigenvalue weighted by atomic mass is 9.85. The highest BCUT2D eigenvalue weighted by atomic mass is 19.3. The number of amides is 5. The molecule has 5 amide bonds. The fourth-order valence-electron chi connectivity index (χ4n) is 10.9. The Bertz CT molecular complexity index is 2500. The standard InChI is InChI=1S/C47H57F2N11O7/c48-42(49)41-36(52-44(62)34-25-51-58-19-16-38(53-43(34)58)57-20-22-66-23-21-57)27-59(55-41)30-8-4-29(5-9-30)26-56-17-14-32(15-18-56)67-31-10-6-28(7-11-31)24-50-35-3-1-2-33-40(35)47(65)60(46(33)64)37-12-13-39(61)54-45(37)63/h1-3,16,19,25,27-32,37,42,50H,4-15,17-18,20-24,26H2,(H,52,62)(H,54,61,63). The molecule has 6 aliphatic rings. The van der Waals surface area contributed by atoms with Crippen molar-refractivity contribution in [3.8, 4) is 0 Å². The number of aromatic nitrogens is 5. The highest BCUT2D eigenvalue weighted by Crippen LogP contribution is 2.37. The zero-order chi connectivity index (χ0) is 46.2. The molecule has 3 N–H and O–H groups in total. The maximum absolute atomic E-state index is 14.3. The summed E-state index contributed by atoms with van der Waals surface area (Å²) < 4.78 is 43.8. The van der Waals surface area contributed by atoms with Gasteiger partial charge in [-0.2, -0.15) is 10.2 Å². The molecular formula is C47H57F2N11O7. The van der Waals surface area contributed by atoms with Crippen LogP contribution in [0.1, 0.15) is 126 Å². The quantitative estimate of drug-likeness (QED) is 0.148. The van der Waals surface area contributed by atoms with Crippen LogP contribution < -0.4 is 20.9 Å². The molecule has 67 heavy (non-hydrogen) atoms. The van der Waals surface area contributed by atoms with Crippen LogP contribution in [-0.2, 0) is 19.1 Å². The molecule has 18 nitrogen and oxygen atoms in total. The molecule has 0 spiro atoms. The van der Waals surface area contributed by atoms with Crippen LogP contribution >= 0.6 is 0 Å². The third kappa shape index (κ3) is 9.52. The molecule has 1 aromatic carbocycles. The van der Waals surface area contributed by atoms with Crippen molar-refractivity contribution < 1.29 is 42.2 Å². The molecule has 7 heterocycles. The normalized spacial score (nSPS) is 25.5. The van der Waals surface area contributed by atoms with E-state index < -0.39 is 47.7 Å². The second-order valence-electron chi connectivity index (χ2n) is 18.9. The molecule has 2 saturated carbocycles. The van der Waals surface area contributed by atoms with Gasteiger partial charge in [0.05, 0.1) is 54.5 Å². The summed E-state index contributed by atoms with van der Waals surface area (Å²) in [6.07, 6.45) is 11.9. The number of hydrogen-bond acceptors (Lipinski definition) is 13. The maximum atomic E-state index is 14.3. The summed E-state index contributed by atoms with van der Waals surface area (Å²) in [7, 11) is 0. The van der Waals surface area contributed by atoms with E-state index in [0.717, 1.165) is 88.7 Å². The van der Waals surface area contributed by atoms with E-state index >= 15 is 0 Å². The van der Waals surface area contributed by atoms with E-state index in [1.54, 1.807) is 35.3 Å². The van der Waals surface area contributed by atoms with Crippen LogP contribution in [0.3, 0.4) is 0 Å². The van der Waals surface area contributed by atoms with Crippen LogP contribution in [0.5, 0.6) is 0 Å². The van der Waals surface area contributed by atoms with Gasteiger partial charge in [-0.3, -0.25) is 38.9 Å². The smallest absolute Gasteiger partial charge is 0.284 e. The molecule has 1 unspecified atom stereocenters. The number of halogens is 2. The Labute approximate surface area is 386 Å². The van der Waals surface area contributed by atoms with Crippen LogP contribution in [0.25, 0.3) is 5.65 Å². The summed E-state index contributed by atoms with van der Waals surface area (Å²) in [6.45, 7) is 6.13. The average molecular weight is 926 g/mol. The lowest BCUT2D eigenvalue weighted by molar-refractivity contribution is -0.136. The number of rotatable bonds is 13. The molecule has 3 aromatic heterocycles. The third-order valence-electron chi connectivity index (χ3n) is 14.6. The van der Waals surface area contributed by atoms with Gasteiger partial charge in [0.15, 0.2) is 11.3 Å². The number of piperidine rings is 2. The molecule has 0 radical (unpaired) electrons. The van der Waals surface area contributed by atoms with Crippen LogP contribution in [0, 0.1) is 11.8 Å². The van der Waals surface area contributed by atoms with Gasteiger partial charge in [-0.05, 0) is 101 Å². The van der Waals surface area contributed by atoms with Crippen molar-refractivity contribution in [1.29, 1.82) is 0 Å². The Morgan fingerprint density at radius 1 is 0.866 bits per heavy atom. The molecule has 1 atom stereocenters. The first kappa shape index (κ1) is 44.9. The van der Waals surface area contributed by atoms with E-state index in [1.807, 2.05) is 6.07 Å². The van der Waals surface area contributed by atoms with Crippen molar-refractivity contribution in [3.05, 3.63) is 65.2 Å². The molecular weight excluding hydrogens is 869 g/mol. The Morgan fingerprint density at radius 3 is 2.36 bits per heavy atom. The zero-order valence-corrected chi connectivity index (χ0v) is 37.4. The number of carbonyl (C=O) groups is 5. The number of likely N-dealkylation sites (tertiary alicyclic amines) is 1. The minimum absolute atomic E-state index is 0.00650. The van der Waals surface area contributed by atoms with Crippen molar-refractivity contribution in [2.45, 2.75) is 108 Å². The lowest BCUT2D eigenvalue weighted by Gasteiger charge is -2.38. The van der Waals surface area contributed by atoms with Crippen LogP contribution in [0.2, 0.25) is 0 Å². The number of alkyl halides is 2. The van der Waals surface area contributed by atoms with Crippen molar-refractivity contribution in [3.63, 3.8) is 0 Å². The molecule has 3 saturated heterocycles. The number of morpholine rings is 1. The summed E-state index contributed by atoms with van der Waals surface area (Å²) in [5.74, 6) is -1.04. The number of nitrogens with one attached hydrogen (secondary N) is 3. The third-order valence-corrected chi connectivity index (χ3v) is 14.6. The van der Waals surface area contributed by atoms with Crippen molar-refractivity contribution in [2.24, 2.45) is 11.8 Å². The number of ether oxygens (including phenoxy) is 2. The van der Waals surface area contributed by atoms with Crippen LogP contribution in [0.4, 0.5) is 26.0 Å². The van der Waals surface area contributed by atoms with Crippen LogP contribution in [0.15, 0.2) is 42.9 Å². The first-order chi connectivity index (χ1) is 32.6. The van der Waals surface area contributed by atoms with E-state index in [-0.39, 0.29) is 53.5 Å². The first-order valence-electron chi connectivity index (χ1n) is 23.9. The SMILES string of the molecule is O=C1CCC(N2C(=O)c3cccc(NCC4CCC(OC5CCN(CC6CCC(n7cc(NC(=O)c8cnn9ccc(N%10CCOCC%10)nc89)c(C(F)F)n7)CC6)CC5)CC4)c3C2=O)C(=O)N1. The molecule has 10 rings (SSSR count). The van der Waals surface area contributed by atoms with Crippen LogP contribution in [-0.4, -0.2) is 134 Å². The summed E-state index contributed by atoms with van der Waals surface area (Å²) in [5, 5.41) is 16.9. The van der Waals surface area contributed by atoms with Gasteiger partial charge in [-0.1, -0.05) is 6.07 Å². The summed E-state index contributed by atoms with van der Waals surface area (Å²) in [6, 6.07) is 5.94. The Kier molecular flexibility index (Phi) is 13.0. The van der Waals surface area contributed by atoms with E-state index in [2.05, 4.69) is 40.9 Å². The van der Waals surface area contributed by atoms with Gasteiger partial charge in [0.25, 0.3) is 24.1 Å². The predicted octanol–water partition coefficient (Wildman–Crippen LogP) is 5.24. The van der Waals surface area contributed by atoms with Gasteiger partial charge in [-0.25, -0.2) is 18.3 Å². The van der Waals surface area contributed by atoms with Gasteiger partial charge in [0, 0.05) is 63.8 Å². The highest BCUT2D eigenvalue weighted by Gasteiger charge is 2.46. The monoisotopic (exact) mass is 925 g/mol. The predicted molar refractivity (Wildman–Crippen MR) is 240 cm³/mol. The molecule has 0 bridgehead atoms. The summed E-state index contributed by atoms with van der Waals surface area (Å²) in [5.41, 5.74) is 1.20. The van der Waals surface area contributed by atoms with Crippen molar-refractivity contribution >= 4 is 52.4 Å². The van der Waals surface area contributed by atoms with Gasteiger partial charge in [-0.15, -0.1) is 0 Å². The minimum atomic E-state index is -2.86. The second kappa shape index (κ2) is 19.4. The lowest BCUT2D eigenvalue weighted by Crippen LogP contribution is -2.54. The first-order valence-corrected chi connectivity index (χ1v) is 23.9. The van der Waals surface area contributed by atoms with Crippen molar-refractivity contribution in [2.75, 3.05) is 68.0 Å². The summed E-state index contributed by atoms with van der Waals surface area (Å²) in [4.78, 5) is 74.7. The molecule has 2 aliphatic carbocycles. The largest absolute Gasteiger partial charge is 0.384 e. The second-order valence-corrected chi connectivity index (χ2v) is 18.9. The molecule has 5 fully saturated rings. The summed E-state index contributed by atoms with van der Waals surface area (Å²) >= 11 is 0. The highest BCUT2D eigenvalue weighted by molar-refractivity contribution is 6.25. The Hall–Kier alpha value is -5.86. The van der Waals surface area contributed by atoms with E-state index in [0.29, 0.717) is 61.8 Å². The van der Waals surface area contributed by atoms with Gasteiger partial charge >= 0.3 is 0 Å². The zero-order valence-electron chi connectivity index (χ0n) is 37.4. The number of hydrogen-bond donors (Lipinski definition) is 3. The average Bonchev–Trinajstić information content (AvgIpc) is 4.04. The molecule has 356 valence electrons. The van der Waals surface area contributed by atoms with Gasteiger partial charge < -0.3 is 29.9 Å². The molecule has 4 aromatic rings. The van der Waals surface area contributed by atoms with Gasteiger partial charge in [0.1, 0.15) is 17.4 Å². The van der Waals surface area contributed by atoms with E-state index in [4.69, 9.17) is 9.47 Å². The van der Waals surface area contributed by atoms with Crippen molar-refractivity contribution in [1.82, 2.24) is 39.5 Å². The minimum Gasteiger partial charge on any atom is -0.384 e. The number of imide groups is 2. The topological polar surface area (TPSA) is 198 Å². The number of carbonyl (C=O) groups excluding carboxylic acids is 5. The Balaban J connectivity index is 0.649. The Morgan fingerprint density at radius 2 is 1.61 bits per heavy atom. The maximum Gasteiger partial charge on any atom is 0.284 e. The molecule has 4 aliphatic heterocycles. The number of fused-ring (bicyclic) bond motifs is 2. The molecule has 20 heteroatoms. The van der Waals surface area contributed by atoms with E-state index in [9.17, 15) is 32.8 Å². The fourth-order valence-corrected chi connectivity index (χ4v) is 10.9. The van der Waals surface area contributed by atoms with Gasteiger partial charge in [0.2, 0.25) is 11.8 Å². The fraction of sp³-hybridized carbons (Fsp3) is 0.574. The number of anilines is 3.